The van der Waals surface area contributed by atoms with Crippen LogP contribution in [0.3, 0.4) is 0 Å². The van der Waals surface area contributed by atoms with E-state index >= 15 is 0 Å². The van der Waals surface area contributed by atoms with Crippen molar-refractivity contribution in [1.82, 2.24) is 19.3 Å². The first-order chi connectivity index (χ1) is 14.7. The topological polar surface area (TPSA) is 106 Å². The van der Waals surface area contributed by atoms with Crippen molar-refractivity contribution in [2.45, 2.75) is 18.4 Å². The number of amides is 1. The molecule has 0 atom stereocenters. The van der Waals surface area contributed by atoms with Crippen LogP contribution in [0.1, 0.15) is 11.5 Å². The Morgan fingerprint density at radius 1 is 1.10 bits per heavy atom. The predicted molar refractivity (Wildman–Crippen MR) is 114 cm³/mol. The van der Waals surface area contributed by atoms with E-state index in [0.717, 1.165) is 15.4 Å². The Hall–Kier alpha value is -3.24. The van der Waals surface area contributed by atoms with Crippen LogP contribution in [-0.4, -0.2) is 61.4 Å². The molecule has 2 aromatic carbocycles. The second-order valence-corrected chi connectivity index (χ2v) is 9.06. The molecule has 0 aliphatic heterocycles. The summed E-state index contributed by atoms with van der Waals surface area (Å²) in [5.41, 5.74) is 1.85. The molecule has 0 unspecified atom stereocenters. The van der Waals surface area contributed by atoms with Gasteiger partial charge in [0, 0.05) is 19.7 Å². The van der Waals surface area contributed by atoms with Gasteiger partial charge in [0.15, 0.2) is 0 Å². The number of sulfonamides is 1. The van der Waals surface area contributed by atoms with E-state index in [0.29, 0.717) is 11.6 Å². The summed E-state index contributed by atoms with van der Waals surface area (Å²) in [6.07, 6.45) is 0. The predicted octanol–water partition coefficient (Wildman–Crippen LogP) is 2.33. The first-order valence-corrected chi connectivity index (χ1v) is 10.9. The largest absolute Gasteiger partial charge is 0.497 e. The van der Waals surface area contributed by atoms with Crippen molar-refractivity contribution in [2.24, 2.45) is 0 Å². The summed E-state index contributed by atoms with van der Waals surface area (Å²) in [7, 11) is 0.579. The van der Waals surface area contributed by atoms with E-state index in [-0.39, 0.29) is 23.9 Å². The van der Waals surface area contributed by atoms with Crippen molar-refractivity contribution in [2.75, 3.05) is 27.7 Å². The Morgan fingerprint density at radius 2 is 1.77 bits per heavy atom. The smallest absolute Gasteiger partial charge is 0.246 e. The molecule has 0 bridgehead atoms. The quantitative estimate of drug-likeness (QED) is 0.525. The highest BCUT2D eigenvalue weighted by Crippen LogP contribution is 2.21. The Balaban J connectivity index is 1.64. The second kappa shape index (κ2) is 9.27. The van der Waals surface area contributed by atoms with Crippen LogP contribution in [0, 0.1) is 6.92 Å². The maximum atomic E-state index is 12.7. The number of likely N-dealkylation sites (N-methyl/N-ethyl adjacent to an activating group) is 2. The number of carbonyl (C=O) groups excluding carboxylic acids is 1. The van der Waals surface area contributed by atoms with E-state index < -0.39 is 15.9 Å². The molecule has 0 radical (unpaired) electrons. The monoisotopic (exact) mass is 444 g/mol. The zero-order valence-electron chi connectivity index (χ0n) is 17.8. The molecule has 0 N–H and O–H groups in total. The van der Waals surface area contributed by atoms with Crippen LogP contribution in [0.2, 0.25) is 0 Å². The minimum atomic E-state index is -3.82. The molecule has 0 aliphatic carbocycles. The van der Waals surface area contributed by atoms with Gasteiger partial charge in [-0.15, -0.1) is 0 Å². The molecule has 9 nitrogen and oxygen atoms in total. The van der Waals surface area contributed by atoms with Gasteiger partial charge in [-0.3, -0.25) is 4.79 Å². The highest BCUT2D eigenvalue weighted by Gasteiger charge is 2.25. The van der Waals surface area contributed by atoms with Crippen molar-refractivity contribution in [3.05, 3.63) is 60.0 Å². The number of methoxy groups -OCH3 is 1. The zero-order valence-corrected chi connectivity index (χ0v) is 18.6. The lowest BCUT2D eigenvalue weighted by Gasteiger charge is -2.21. The molecule has 10 heteroatoms. The molecule has 1 amide bonds. The van der Waals surface area contributed by atoms with Gasteiger partial charge in [0.25, 0.3) is 0 Å². The maximum Gasteiger partial charge on any atom is 0.246 e. The molecule has 1 aromatic heterocycles. The minimum absolute atomic E-state index is 0.0636. The Kier molecular flexibility index (Phi) is 6.71. The average Bonchev–Trinajstić information content (AvgIpc) is 3.22. The number of nitrogens with zero attached hydrogens (tertiary/aromatic N) is 4. The van der Waals surface area contributed by atoms with Crippen molar-refractivity contribution < 1.29 is 22.5 Å². The summed E-state index contributed by atoms with van der Waals surface area (Å²) in [5, 5.41) is 3.97. The molecule has 164 valence electrons. The third-order valence-corrected chi connectivity index (χ3v) is 6.60. The van der Waals surface area contributed by atoms with Crippen LogP contribution in [-0.2, 0) is 21.4 Å². The summed E-state index contributed by atoms with van der Waals surface area (Å²) in [5.74, 6) is 0.834. The first kappa shape index (κ1) is 22.4. The SMILES string of the molecule is COc1ccc(S(=O)(=O)N(C)CC(=O)N(C)Cc2nc(-c3ccccc3C)no2)cc1. The van der Waals surface area contributed by atoms with Gasteiger partial charge >= 0.3 is 0 Å². The Labute approximate surface area is 181 Å². The number of benzene rings is 2. The summed E-state index contributed by atoms with van der Waals surface area (Å²) in [6.45, 7) is 1.68. The number of carbonyl (C=O) groups is 1. The Morgan fingerprint density at radius 3 is 2.42 bits per heavy atom. The van der Waals surface area contributed by atoms with E-state index in [2.05, 4.69) is 10.1 Å². The van der Waals surface area contributed by atoms with E-state index in [1.807, 2.05) is 31.2 Å². The summed E-state index contributed by atoms with van der Waals surface area (Å²) in [6, 6.07) is 13.6. The van der Waals surface area contributed by atoms with Gasteiger partial charge in [-0.2, -0.15) is 9.29 Å². The van der Waals surface area contributed by atoms with Gasteiger partial charge in [-0.25, -0.2) is 8.42 Å². The third-order valence-electron chi connectivity index (χ3n) is 4.78. The number of aromatic nitrogens is 2. The minimum Gasteiger partial charge on any atom is -0.497 e. The molecular formula is C21H24N4O5S. The molecule has 0 spiro atoms. The number of ether oxygens (including phenoxy) is 1. The maximum absolute atomic E-state index is 12.7. The molecule has 31 heavy (non-hydrogen) atoms. The van der Waals surface area contributed by atoms with E-state index in [1.54, 1.807) is 19.2 Å². The van der Waals surface area contributed by atoms with Gasteiger partial charge in [0.2, 0.25) is 27.6 Å². The fourth-order valence-corrected chi connectivity index (χ4v) is 3.99. The lowest BCUT2D eigenvalue weighted by Crippen LogP contribution is -2.39. The normalized spacial score (nSPS) is 11.5. The van der Waals surface area contributed by atoms with Gasteiger partial charge < -0.3 is 14.2 Å². The molecule has 3 aromatic rings. The van der Waals surface area contributed by atoms with Crippen LogP contribution < -0.4 is 4.74 Å². The molecule has 3 rings (SSSR count). The highest BCUT2D eigenvalue weighted by atomic mass is 32.2. The lowest BCUT2D eigenvalue weighted by molar-refractivity contribution is -0.130. The van der Waals surface area contributed by atoms with E-state index in [1.165, 1.54) is 31.2 Å². The number of hydrogen-bond donors (Lipinski definition) is 0. The molecule has 0 aliphatic rings. The average molecular weight is 445 g/mol. The second-order valence-electron chi connectivity index (χ2n) is 7.01. The van der Waals surface area contributed by atoms with E-state index in [4.69, 9.17) is 9.26 Å². The standard InChI is InChI=1S/C21H24N4O5S/c1-15-7-5-6-8-18(15)21-22-19(30-23-21)13-24(2)20(26)14-25(3)31(27,28)17-11-9-16(29-4)10-12-17/h5-12H,13-14H2,1-4H3. The van der Waals surface area contributed by atoms with Crippen molar-refractivity contribution in [1.29, 1.82) is 0 Å². The van der Waals surface area contributed by atoms with Crippen molar-refractivity contribution >= 4 is 15.9 Å². The van der Waals surface area contributed by atoms with E-state index in [9.17, 15) is 13.2 Å². The van der Waals surface area contributed by atoms with Crippen LogP contribution in [0.4, 0.5) is 0 Å². The van der Waals surface area contributed by atoms with Crippen LogP contribution in [0.5, 0.6) is 5.75 Å². The lowest BCUT2D eigenvalue weighted by atomic mass is 10.1. The van der Waals surface area contributed by atoms with Gasteiger partial charge in [-0.1, -0.05) is 29.4 Å². The summed E-state index contributed by atoms with van der Waals surface area (Å²) < 4.78 is 36.7. The summed E-state index contributed by atoms with van der Waals surface area (Å²) in [4.78, 5) is 18.3. The third kappa shape index (κ3) is 5.09. The fraction of sp³-hybridized carbons (Fsp3) is 0.286. The molecular weight excluding hydrogens is 420 g/mol. The number of hydrogen-bond acceptors (Lipinski definition) is 7. The summed E-state index contributed by atoms with van der Waals surface area (Å²) >= 11 is 0. The Bertz CT molecular complexity index is 1160. The molecule has 0 saturated heterocycles. The van der Waals surface area contributed by atoms with Crippen LogP contribution in [0.25, 0.3) is 11.4 Å². The first-order valence-electron chi connectivity index (χ1n) is 9.45. The van der Waals surface area contributed by atoms with Gasteiger partial charge in [-0.05, 0) is 36.8 Å². The van der Waals surface area contributed by atoms with Gasteiger partial charge in [0.1, 0.15) is 5.75 Å². The highest BCUT2D eigenvalue weighted by molar-refractivity contribution is 7.89. The van der Waals surface area contributed by atoms with Crippen LogP contribution >= 0.6 is 0 Å². The van der Waals surface area contributed by atoms with Gasteiger partial charge in [0.05, 0.1) is 25.1 Å². The van der Waals surface area contributed by atoms with Crippen molar-refractivity contribution in [3.63, 3.8) is 0 Å². The van der Waals surface area contributed by atoms with Crippen molar-refractivity contribution in [3.8, 4) is 17.1 Å². The fourth-order valence-electron chi connectivity index (χ4n) is 2.87. The molecule has 1 heterocycles. The van der Waals surface area contributed by atoms with Crippen LogP contribution in [0.15, 0.2) is 57.9 Å². The molecule has 0 fully saturated rings. The number of rotatable bonds is 8. The number of aryl methyl sites for hydroxylation is 1. The molecule has 0 saturated carbocycles. The zero-order chi connectivity index (χ0) is 22.6.